The van der Waals surface area contributed by atoms with E-state index in [1.54, 1.807) is 11.3 Å². The second-order valence-corrected chi connectivity index (χ2v) is 10.0. The second-order valence-electron chi connectivity index (χ2n) is 8.14. The summed E-state index contributed by atoms with van der Waals surface area (Å²) in [4.78, 5) is 32.3. The maximum Gasteiger partial charge on any atom is 0.231 e. The van der Waals surface area contributed by atoms with Crippen LogP contribution in [0.3, 0.4) is 0 Å². The number of aromatic nitrogens is 1. The number of morpholine rings is 1. The zero-order valence-corrected chi connectivity index (χ0v) is 20.2. The molecule has 3 heterocycles. The van der Waals surface area contributed by atoms with E-state index in [9.17, 15) is 9.59 Å². The lowest BCUT2D eigenvalue weighted by atomic mass is 10.1. The van der Waals surface area contributed by atoms with Crippen LogP contribution in [0.15, 0.2) is 47.2 Å². The van der Waals surface area contributed by atoms with Crippen molar-refractivity contribution >= 4 is 39.6 Å². The number of hydrogen-bond donors (Lipinski definition) is 2. The van der Waals surface area contributed by atoms with Crippen LogP contribution >= 0.6 is 22.7 Å². The summed E-state index contributed by atoms with van der Waals surface area (Å²) in [5.41, 5.74) is 2.96. The molecular weight excluding hydrogens is 456 g/mol. The normalized spacial score (nSPS) is 16.5. The number of thiophene rings is 1. The smallest absolute Gasteiger partial charge is 0.231 e. The Labute approximate surface area is 201 Å². The Bertz CT molecular complexity index is 1070. The Morgan fingerprint density at radius 2 is 2.03 bits per heavy atom. The van der Waals surface area contributed by atoms with Crippen LogP contribution in [0, 0.1) is 0 Å². The molecule has 0 aliphatic carbocycles. The molecule has 3 aromatic rings. The molecule has 0 spiro atoms. The molecule has 1 saturated heterocycles. The lowest BCUT2D eigenvalue weighted by Crippen LogP contribution is -2.40. The van der Waals surface area contributed by atoms with E-state index in [1.165, 1.54) is 16.9 Å². The summed E-state index contributed by atoms with van der Waals surface area (Å²) in [5, 5.41) is 10.1. The lowest BCUT2D eigenvalue weighted by molar-refractivity contribution is -0.120. The standard InChI is InChI=1S/C24H28N4O3S2/c1-17-14-28(7-8-31-17)15-19-5-2-4-18(10-19)13-25-22(29)11-20-16-33-24(26-20)27-23(30)12-21-6-3-9-32-21/h2-6,9-10,16-17H,7-8,11-15H2,1H3,(H,25,29)(H,26,27,30). The molecule has 1 fully saturated rings. The minimum absolute atomic E-state index is 0.0934. The van der Waals surface area contributed by atoms with Gasteiger partial charge in [-0.1, -0.05) is 30.3 Å². The van der Waals surface area contributed by atoms with E-state index in [2.05, 4.69) is 39.6 Å². The van der Waals surface area contributed by atoms with Crippen LogP contribution in [0.2, 0.25) is 0 Å². The van der Waals surface area contributed by atoms with Gasteiger partial charge in [0.15, 0.2) is 5.13 Å². The molecule has 7 nitrogen and oxygen atoms in total. The molecular formula is C24H28N4O3S2. The maximum absolute atomic E-state index is 12.4. The van der Waals surface area contributed by atoms with Crippen molar-refractivity contribution in [2.45, 2.75) is 39.0 Å². The van der Waals surface area contributed by atoms with Crippen LogP contribution < -0.4 is 10.6 Å². The molecule has 0 radical (unpaired) electrons. The average molecular weight is 485 g/mol. The number of carbonyl (C=O) groups is 2. The van der Waals surface area contributed by atoms with Crippen molar-refractivity contribution in [3.05, 3.63) is 68.9 Å². The summed E-state index contributed by atoms with van der Waals surface area (Å²) in [5.74, 6) is -0.196. The van der Waals surface area contributed by atoms with E-state index < -0.39 is 0 Å². The van der Waals surface area contributed by atoms with Crippen LogP contribution in [0.4, 0.5) is 5.13 Å². The van der Waals surface area contributed by atoms with Crippen LogP contribution in [0.5, 0.6) is 0 Å². The maximum atomic E-state index is 12.4. The Balaban J connectivity index is 1.22. The molecule has 2 aromatic heterocycles. The topological polar surface area (TPSA) is 83.6 Å². The Morgan fingerprint density at radius 3 is 2.85 bits per heavy atom. The minimum Gasteiger partial charge on any atom is -0.376 e. The first kappa shape index (κ1) is 23.6. The molecule has 9 heteroatoms. The summed E-state index contributed by atoms with van der Waals surface area (Å²) >= 11 is 2.88. The number of anilines is 1. The van der Waals surface area contributed by atoms with Crippen molar-refractivity contribution in [2.24, 2.45) is 0 Å². The number of nitrogens with one attached hydrogen (secondary N) is 2. The monoisotopic (exact) mass is 484 g/mol. The summed E-state index contributed by atoms with van der Waals surface area (Å²) in [7, 11) is 0. The molecule has 174 valence electrons. The van der Waals surface area contributed by atoms with Gasteiger partial charge in [0.05, 0.1) is 31.2 Å². The number of hydrogen-bond acceptors (Lipinski definition) is 7. The first-order valence-electron chi connectivity index (χ1n) is 11.0. The Morgan fingerprint density at radius 1 is 1.15 bits per heavy atom. The number of nitrogens with zero attached hydrogens (tertiary/aromatic N) is 2. The summed E-state index contributed by atoms with van der Waals surface area (Å²) in [6, 6.07) is 12.2. The van der Waals surface area contributed by atoms with Gasteiger partial charge in [0, 0.05) is 36.4 Å². The highest BCUT2D eigenvalue weighted by Gasteiger charge is 2.17. The molecule has 33 heavy (non-hydrogen) atoms. The van der Waals surface area contributed by atoms with E-state index in [0.29, 0.717) is 23.8 Å². The molecule has 2 amide bonds. The van der Waals surface area contributed by atoms with E-state index in [1.807, 2.05) is 35.0 Å². The quantitative estimate of drug-likeness (QED) is 0.486. The molecule has 0 saturated carbocycles. The molecule has 1 aliphatic heterocycles. The van der Waals surface area contributed by atoms with E-state index in [-0.39, 0.29) is 24.3 Å². The Kier molecular flexibility index (Phi) is 8.22. The van der Waals surface area contributed by atoms with Gasteiger partial charge in [-0.15, -0.1) is 22.7 Å². The van der Waals surface area contributed by atoms with E-state index in [0.717, 1.165) is 36.7 Å². The second kappa shape index (κ2) is 11.5. The number of ether oxygens (including phenoxy) is 1. The molecule has 1 atom stereocenters. The molecule has 1 aliphatic rings. The van der Waals surface area contributed by atoms with Gasteiger partial charge >= 0.3 is 0 Å². The molecule has 1 aromatic carbocycles. The summed E-state index contributed by atoms with van der Waals surface area (Å²) < 4.78 is 5.61. The highest BCUT2D eigenvalue weighted by atomic mass is 32.1. The SMILES string of the molecule is CC1CN(Cc2cccc(CNC(=O)Cc3csc(NC(=O)Cc4cccs4)n3)c2)CCO1. The zero-order valence-electron chi connectivity index (χ0n) is 18.6. The first-order chi connectivity index (χ1) is 16.0. The summed E-state index contributed by atoms with van der Waals surface area (Å²) in [6.45, 7) is 6.10. The predicted octanol–water partition coefficient (Wildman–Crippen LogP) is 3.47. The fourth-order valence-corrected chi connectivity index (χ4v) is 5.17. The van der Waals surface area contributed by atoms with Crippen molar-refractivity contribution in [3.8, 4) is 0 Å². The number of carbonyl (C=O) groups excluding carboxylic acids is 2. The highest BCUT2D eigenvalue weighted by Crippen LogP contribution is 2.17. The van der Waals surface area contributed by atoms with Crippen molar-refractivity contribution in [1.29, 1.82) is 0 Å². The van der Waals surface area contributed by atoms with Gasteiger partial charge < -0.3 is 15.4 Å². The fourth-order valence-electron chi connectivity index (χ4n) is 3.74. The zero-order chi connectivity index (χ0) is 23.0. The van der Waals surface area contributed by atoms with Crippen LogP contribution in [-0.4, -0.2) is 47.5 Å². The van der Waals surface area contributed by atoms with Gasteiger partial charge in [0.2, 0.25) is 11.8 Å². The van der Waals surface area contributed by atoms with E-state index >= 15 is 0 Å². The number of amides is 2. The van der Waals surface area contributed by atoms with Crippen molar-refractivity contribution < 1.29 is 14.3 Å². The van der Waals surface area contributed by atoms with Gasteiger partial charge in [-0.05, 0) is 29.5 Å². The summed E-state index contributed by atoms with van der Waals surface area (Å²) in [6.07, 6.45) is 0.779. The predicted molar refractivity (Wildman–Crippen MR) is 131 cm³/mol. The average Bonchev–Trinajstić information content (AvgIpc) is 3.45. The molecule has 4 rings (SSSR count). The number of rotatable bonds is 9. The van der Waals surface area contributed by atoms with E-state index in [4.69, 9.17) is 4.74 Å². The van der Waals surface area contributed by atoms with Crippen molar-refractivity contribution in [3.63, 3.8) is 0 Å². The van der Waals surface area contributed by atoms with Crippen LogP contribution in [0.1, 0.15) is 28.6 Å². The minimum atomic E-state index is -0.103. The van der Waals surface area contributed by atoms with Gasteiger partial charge in [0.25, 0.3) is 0 Å². The largest absolute Gasteiger partial charge is 0.376 e. The van der Waals surface area contributed by atoms with Gasteiger partial charge in [-0.2, -0.15) is 0 Å². The number of thiazole rings is 1. The third-order valence-corrected chi connectivity index (χ3v) is 6.95. The van der Waals surface area contributed by atoms with Gasteiger partial charge in [-0.25, -0.2) is 4.98 Å². The highest BCUT2D eigenvalue weighted by molar-refractivity contribution is 7.14. The third kappa shape index (κ3) is 7.46. The van der Waals surface area contributed by atoms with Crippen LogP contribution in [-0.2, 0) is 40.3 Å². The molecule has 2 N–H and O–H groups in total. The van der Waals surface area contributed by atoms with Gasteiger partial charge in [0.1, 0.15) is 0 Å². The first-order valence-corrected chi connectivity index (χ1v) is 12.7. The third-order valence-electron chi connectivity index (χ3n) is 5.27. The van der Waals surface area contributed by atoms with Crippen LogP contribution in [0.25, 0.3) is 0 Å². The number of benzene rings is 1. The molecule has 0 bridgehead atoms. The fraction of sp³-hybridized carbons (Fsp3) is 0.375. The van der Waals surface area contributed by atoms with Crippen molar-refractivity contribution in [2.75, 3.05) is 25.0 Å². The lowest BCUT2D eigenvalue weighted by Gasteiger charge is -2.31. The Hall–Kier alpha value is -2.59. The van der Waals surface area contributed by atoms with Crippen molar-refractivity contribution in [1.82, 2.24) is 15.2 Å². The van der Waals surface area contributed by atoms with Gasteiger partial charge in [-0.3, -0.25) is 14.5 Å². The molecule has 1 unspecified atom stereocenters.